The van der Waals surface area contributed by atoms with Gasteiger partial charge in [0.15, 0.2) is 27.1 Å². The second-order valence-electron chi connectivity index (χ2n) is 8.11. The van der Waals surface area contributed by atoms with Crippen LogP contribution in [0.2, 0.25) is 0 Å². The molecule has 3 atom stereocenters. The molecule has 0 bridgehead atoms. The van der Waals surface area contributed by atoms with E-state index in [4.69, 9.17) is 9.47 Å². The number of tetrazole rings is 1. The Morgan fingerprint density at radius 2 is 1.90 bits per heavy atom. The van der Waals surface area contributed by atoms with Gasteiger partial charge in [0.2, 0.25) is 5.16 Å². The molecular weight excluding hydrogens is 450 g/mol. The second-order valence-corrected chi connectivity index (χ2v) is 11.6. The monoisotopic (exact) mass is 473 g/mol. The molecule has 1 amide bonds. The number of fused-ring (bicyclic) bond motifs is 1. The van der Waals surface area contributed by atoms with Crippen LogP contribution in [0.25, 0.3) is 0 Å². The fourth-order valence-corrected chi connectivity index (χ4v) is 7.11. The topological polar surface area (TPSA) is 151 Å². The molecule has 2 aliphatic heterocycles. The molecule has 1 saturated heterocycles. The Balaban J connectivity index is 2.25. The summed E-state index contributed by atoms with van der Waals surface area (Å²) in [6, 6.07) is 0. The third-order valence-electron chi connectivity index (χ3n) is 4.83. The summed E-state index contributed by atoms with van der Waals surface area (Å²) in [6.45, 7) is 5.63. The molecule has 170 valence electrons. The predicted molar refractivity (Wildman–Crippen MR) is 107 cm³/mol. The Labute approximate surface area is 183 Å². The van der Waals surface area contributed by atoms with Crippen LogP contribution in [-0.4, -0.2) is 81.0 Å². The Bertz CT molecular complexity index is 1070. The highest BCUT2D eigenvalue weighted by atomic mass is 32.3. The van der Waals surface area contributed by atoms with Crippen LogP contribution in [0.4, 0.5) is 0 Å². The molecule has 3 rings (SSSR count). The average molecular weight is 474 g/mol. The van der Waals surface area contributed by atoms with Gasteiger partial charge in [0, 0.05) is 32.1 Å². The molecule has 1 aromatic rings. The molecule has 0 unspecified atom stereocenters. The van der Waals surface area contributed by atoms with E-state index in [0.29, 0.717) is 0 Å². The maximum atomic E-state index is 13.5. The number of hydrogen-bond acceptors (Lipinski definition) is 11. The molecule has 0 spiro atoms. The van der Waals surface area contributed by atoms with Crippen LogP contribution in [0, 0.1) is 5.41 Å². The number of sulfone groups is 1. The number of rotatable bonds is 6. The number of ether oxygens (including phenoxy) is 2. The Hall–Kier alpha value is -2.32. The van der Waals surface area contributed by atoms with E-state index in [1.165, 1.54) is 18.8 Å². The highest BCUT2D eigenvalue weighted by molar-refractivity contribution is 8.14. The van der Waals surface area contributed by atoms with E-state index in [0.717, 1.165) is 23.6 Å². The van der Waals surface area contributed by atoms with Gasteiger partial charge in [-0.25, -0.2) is 13.1 Å². The van der Waals surface area contributed by atoms with Crippen LogP contribution in [-0.2, 0) is 40.7 Å². The van der Waals surface area contributed by atoms with Crippen LogP contribution in [0.3, 0.4) is 0 Å². The lowest BCUT2D eigenvalue weighted by molar-refractivity contribution is -0.161. The lowest BCUT2D eigenvalue weighted by Crippen LogP contribution is -2.72. The van der Waals surface area contributed by atoms with Crippen molar-refractivity contribution in [2.45, 2.75) is 48.9 Å². The predicted octanol–water partition coefficient (Wildman–Crippen LogP) is -0.328. The minimum atomic E-state index is -4.13. The first-order valence-corrected chi connectivity index (χ1v) is 11.7. The van der Waals surface area contributed by atoms with E-state index in [-0.39, 0.29) is 16.4 Å². The van der Waals surface area contributed by atoms with E-state index in [9.17, 15) is 22.8 Å². The highest BCUT2D eigenvalue weighted by Gasteiger charge is 2.64. The van der Waals surface area contributed by atoms with Crippen molar-refractivity contribution >= 4 is 39.3 Å². The van der Waals surface area contributed by atoms with Crippen LogP contribution in [0.5, 0.6) is 0 Å². The number of nitrogens with zero attached hydrogens (tertiary/aromatic N) is 5. The molecule has 31 heavy (non-hydrogen) atoms. The van der Waals surface area contributed by atoms with E-state index >= 15 is 0 Å². The largest absolute Gasteiger partial charge is 0.461 e. The van der Waals surface area contributed by atoms with Crippen molar-refractivity contribution in [3.05, 3.63) is 11.3 Å². The van der Waals surface area contributed by atoms with Crippen LogP contribution >= 0.6 is 11.8 Å². The normalized spacial score (nSPS) is 25.2. The lowest BCUT2D eigenvalue weighted by atomic mass is 9.85. The van der Waals surface area contributed by atoms with Gasteiger partial charge in [0.25, 0.3) is 5.91 Å². The SMILES string of the molecule is CO[C@H]1C(=O)N2C(C(=O)C(C)(C)C)=C(COC(C)=O)[C@@H](Sc3nnnn3C)S(=O)(=O)[C@H]12. The number of carbonyl (C=O) groups excluding carboxylic acids is 3. The number of aryl methyl sites for hydroxylation is 1. The highest BCUT2D eigenvalue weighted by Crippen LogP contribution is 2.47. The summed E-state index contributed by atoms with van der Waals surface area (Å²) in [5.74, 6) is -1.77. The molecule has 0 aliphatic carbocycles. The second kappa shape index (κ2) is 7.98. The van der Waals surface area contributed by atoms with Crippen molar-refractivity contribution in [3.8, 4) is 0 Å². The summed E-state index contributed by atoms with van der Waals surface area (Å²) < 4.78 is 37.2. The fourth-order valence-electron chi connectivity index (χ4n) is 3.28. The lowest BCUT2D eigenvalue weighted by Gasteiger charge is -2.51. The summed E-state index contributed by atoms with van der Waals surface area (Å²) in [5.41, 5.74) is -1.05. The van der Waals surface area contributed by atoms with Crippen molar-refractivity contribution in [1.82, 2.24) is 25.1 Å². The third kappa shape index (κ3) is 3.87. The molecule has 0 N–H and O–H groups in total. The first-order valence-electron chi connectivity index (χ1n) is 9.21. The number of esters is 1. The molecule has 2 aliphatic rings. The van der Waals surface area contributed by atoms with E-state index in [1.807, 2.05) is 0 Å². The standard InChI is InChI=1S/C17H23N5O7S2/c1-8(23)29-7-9-10(12(24)17(2,3)4)22-13(25)11(28-6)14(22)31(26,27)15(9)30-16-18-19-20-21(16)5/h11,14-15H,7H2,1-6H3/t11-,14+,15-/m0/s1. The number of methoxy groups -OCH3 is 1. The molecule has 1 fully saturated rings. The quantitative estimate of drug-likeness (QED) is 0.394. The molecular formula is C17H23N5O7S2. The van der Waals surface area contributed by atoms with Crippen LogP contribution < -0.4 is 0 Å². The summed E-state index contributed by atoms with van der Waals surface area (Å²) >= 11 is 0.794. The minimum absolute atomic E-state index is 0.0118. The van der Waals surface area contributed by atoms with Crippen LogP contribution in [0.15, 0.2) is 16.4 Å². The van der Waals surface area contributed by atoms with Crippen LogP contribution in [0.1, 0.15) is 27.7 Å². The summed E-state index contributed by atoms with van der Waals surface area (Å²) in [5, 5.41) is 9.81. The van der Waals surface area contributed by atoms with E-state index in [1.54, 1.807) is 20.8 Å². The number of ketones is 1. The number of carbonyl (C=O) groups is 3. The van der Waals surface area contributed by atoms with Gasteiger partial charge in [-0.2, -0.15) is 0 Å². The first kappa shape index (κ1) is 23.3. The van der Waals surface area contributed by atoms with E-state index < -0.39 is 55.6 Å². The Kier molecular flexibility index (Phi) is 6.01. The number of Topliss-reactive ketones (excluding diaryl/α,β-unsaturated/α-hetero) is 1. The number of hydrogen-bond donors (Lipinski definition) is 0. The molecule has 12 nitrogen and oxygen atoms in total. The summed E-state index contributed by atoms with van der Waals surface area (Å²) in [7, 11) is -1.36. The van der Waals surface area contributed by atoms with E-state index in [2.05, 4.69) is 15.5 Å². The maximum absolute atomic E-state index is 13.5. The molecule has 0 aromatic carbocycles. The van der Waals surface area contributed by atoms with Crippen molar-refractivity contribution < 1.29 is 32.3 Å². The van der Waals surface area contributed by atoms with Crippen molar-refractivity contribution in [1.29, 1.82) is 0 Å². The average Bonchev–Trinajstić information content (AvgIpc) is 3.06. The Morgan fingerprint density at radius 1 is 1.26 bits per heavy atom. The maximum Gasteiger partial charge on any atom is 0.302 e. The first-order chi connectivity index (χ1) is 14.3. The Morgan fingerprint density at radius 3 is 2.39 bits per heavy atom. The zero-order valence-corrected chi connectivity index (χ0v) is 19.5. The van der Waals surface area contributed by atoms with Crippen molar-refractivity contribution in [2.24, 2.45) is 12.5 Å². The van der Waals surface area contributed by atoms with Gasteiger partial charge in [-0.05, 0) is 10.4 Å². The van der Waals surface area contributed by atoms with Crippen molar-refractivity contribution in [3.63, 3.8) is 0 Å². The smallest absolute Gasteiger partial charge is 0.302 e. The van der Waals surface area contributed by atoms with Crippen molar-refractivity contribution in [2.75, 3.05) is 13.7 Å². The molecule has 3 heterocycles. The molecule has 14 heteroatoms. The van der Waals surface area contributed by atoms with Gasteiger partial charge in [-0.15, -0.1) is 5.10 Å². The third-order valence-corrected chi connectivity index (χ3v) is 8.99. The zero-order chi connectivity index (χ0) is 23.3. The van der Waals surface area contributed by atoms with Gasteiger partial charge in [-0.3, -0.25) is 19.3 Å². The van der Waals surface area contributed by atoms with Gasteiger partial charge >= 0.3 is 5.97 Å². The molecule has 0 radical (unpaired) electrons. The number of allylic oxidation sites excluding steroid dienone is 1. The summed E-state index contributed by atoms with van der Waals surface area (Å²) in [4.78, 5) is 38.5. The number of amides is 1. The van der Waals surface area contributed by atoms with Gasteiger partial charge in [0.05, 0.1) is 5.70 Å². The zero-order valence-electron chi connectivity index (χ0n) is 17.8. The molecule has 1 aromatic heterocycles. The van der Waals surface area contributed by atoms with Gasteiger partial charge in [-0.1, -0.05) is 32.5 Å². The number of β-lactam (4-membered cyclic amide) rings is 1. The van der Waals surface area contributed by atoms with Gasteiger partial charge in [0.1, 0.15) is 11.2 Å². The van der Waals surface area contributed by atoms with Gasteiger partial charge < -0.3 is 9.47 Å². The number of thioether (sulfide) groups is 1. The number of aromatic nitrogens is 4. The fraction of sp³-hybridized carbons (Fsp3) is 0.647. The molecule has 0 saturated carbocycles. The summed E-state index contributed by atoms with van der Waals surface area (Å²) in [6.07, 6.45) is -1.25. The minimum Gasteiger partial charge on any atom is -0.461 e.